The van der Waals surface area contributed by atoms with Gasteiger partial charge < -0.3 is 0 Å². The Morgan fingerprint density at radius 3 is 2.33 bits per heavy atom. The van der Waals surface area contributed by atoms with Crippen molar-refractivity contribution in [2.45, 2.75) is 12.6 Å². The lowest BCUT2D eigenvalue weighted by Gasteiger charge is -2.10. The van der Waals surface area contributed by atoms with Crippen LogP contribution in [0.15, 0.2) is 42.5 Å². The van der Waals surface area contributed by atoms with Gasteiger partial charge in [0.1, 0.15) is 0 Å². The Morgan fingerprint density at radius 1 is 0.952 bits per heavy atom. The van der Waals surface area contributed by atoms with Gasteiger partial charge in [0.15, 0.2) is 0 Å². The maximum atomic E-state index is 12.0. The molecule has 2 amide bonds. The summed E-state index contributed by atoms with van der Waals surface area (Å²) >= 11 is 0. The number of carbonyl (C=O) groups excluding carboxylic acids is 2. The number of alkyl halides is 3. The fourth-order valence-corrected chi connectivity index (χ4v) is 1.86. The zero-order valence-corrected chi connectivity index (χ0v) is 10.7. The van der Waals surface area contributed by atoms with E-state index in [1.807, 2.05) is 24.3 Å². The minimum absolute atomic E-state index is 0.139. The largest absolute Gasteiger partial charge is 0.472 e. The van der Waals surface area contributed by atoms with Crippen molar-refractivity contribution in [3.05, 3.63) is 48.0 Å². The topological polar surface area (TPSA) is 58.2 Å². The zero-order chi connectivity index (χ0) is 15.5. The van der Waals surface area contributed by atoms with E-state index < -0.39 is 18.0 Å². The second-order valence-corrected chi connectivity index (χ2v) is 4.32. The average molecular weight is 296 g/mol. The molecule has 0 saturated heterocycles. The number of rotatable bonds is 2. The highest BCUT2D eigenvalue weighted by atomic mass is 19.4. The zero-order valence-electron chi connectivity index (χ0n) is 10.7. The monoisotopic (exact) mass is 296 g/mol. The maximum Gasteiger partial charge on any atom is 0.472 e. The van der Waals surface area contributed by atoms with Crippen molar-refractivity contribution >= 4 is 22.6 Å². The van der Waals surface area contributed by atoms with Gasteiger partial charge in [-0.25, -0.2) is 0 Å². The van der Waals surface area contributed by atoms with Crippen LogP contribution in [0.1, 0.15) is 5.56 Å². The van der Waals surface area contributed by atoms with Crippen molar-refractivity contribution < 1.29 is 22.8 Å². The molecule has 0 aromatic heterocycles. The smallest absolute Gasteiger partial charge is 0.273 e. The number of benzene rings is 2. The average Bonchev–Trinajstić information content (AvgIpc) is 2.44. The van der Waals surface area contributed by atoms with E-state index in [0.29, 0.717) is 5.56 Å². The van der Waals surface area contributed by atoms with E-state index in [2.05, 4.69) is 0 Å². The van der Waals surface area contributed by atoms with Crippen LogP contribution in [0.25, 0.3) is 10.8 Å². The molecule has 0 spiro atoms. The van der Waals surface area contributed by atoms with Crippen LogP contribution in [0.4, 0.5) is 13.2 Å². The van der Waals surface area contributed by atoms with E-state index in [1.165, 1.54) is 5.43 Å². The standard InChI is InChI=1S/C14H11F3N2O2/c15-14(16,17)13(21)19-18-12(20)8-10-6-3-5-9-4-1-2-7-11(9)10/h1-7H,8H2,(H,18,20)(H,19,21). The number of amides is 2. The third-order valence-corrected chi connectivity index (χ3v) is 2.80. The molecule has 4 nitrogen and oxygen atoms in total. The first-order valence-electron chi connectivity index (χ1n) is 6.00. The highest BCUT2D eigenvalue weighted by molar-refractivity contribution is 5.91. The summed E-state index contributed by atoms with van der Waals surface area (Å²) in [5.41, 5.74) is 3.73. The molecule has 0 bridgehead atoms. The fourth-order valence-electron chi connectivity index (χ4n) is 1.86. The Labute approximate surface area is 117 Å². The molecular weight excluding hydrogens is 285 g/mol. The van der Waals surface area contributed by atoms with Crippen LogP contribution in [0.3, 0.4) is 0 Å². The van der Waals surface area contributed by atoms with Crippen molar-refractivity contribution in [2.75, 3.05) is 0 Å². The van der Waals surface area contributed by atoms with Crippen molar-refractivity contribution in [1.82, 2.24) is 10.9 Å². The van der Waals surface area contributed by atoms with Gasteiger partial charge in [0.25, 0.3) is 0 Å². The van der Waals surface area contributed by atoms with Crippen molar-refractivity contribution in [3.8, 4) is 0 Å². The Balaban J connectivity index is 2.04. The summed E-state index contributed by atoms with van der Waals surface area (Å²) in [5, 5.41) is 1.75. The van der Waals surface area contributed by atoms with Crippen LogP contribution in [-0.4, -0.2) is 18.0 Å². The number of hydrogen-bond acceptors (Lipinski definition) is 2. The third kappa shape index (κ3) is 3.71. The summed E-state index contributed by atoms with van der Waals surface area (Å²) in [5.74, 6) is -2.95. The number of fused-ring (bicyclic) bond motifs is 1. The van der Waals surface area contributed by atoms with Gasteiger partial charge in [0.2, 0.25) is 5.91 Å². The molecule has 0 atom stereocenters. The first kappa shape index (κ1) is 14.8. The lowest BCUT2D eigenvalue weighted by atomic mass is 10.0. The molecule has 0 aliphatic rings. The normalized spacial score (nSPS) is 11.2. The molecule has 2 N–H and O–H groups in total. The number of carbonyl (C=O) groups is 2. The summed E-state index contributed by atoms with van der Waals surface area (Å²) in [7, 11) is 0. The molecule has 2 aromatic carbocycles. The van der Waals surface area contributed by atoms with Gasteiger partial charge >= 0.3 is 12.1 Å². The molecule has 21 heavy (non-hydrogen) atoms. The van der Waals surface area contributed by atoms with Crippen LogP contribution in [-0.2, 0) is 16.0 Å². The Morgan fingerprint density at radius 2 is 1.62 bits per heavy atom. The van der Waals surface area contributed by atoms with E-state index in [0.717, 1.165) is 10.8 Å². The predicted molar refractivity (Wildman–Crippen MR) is 70.0 cm³/mol. The van der Waals surface area contributed by atoms with E-state index in [9.17, 15) is 22.8 Å². The second-order valence-electron chi connectivity index (χ2n) is 4.32. The fraction of sp³-hybridized carbons (Fsp3) is 0.143. The molecule has 2 aromatic rings. The van der Waals surface area contributed by atoms with Crippen LogP contribution in [0.5, 0.6) is 0 Å². The first-order valence-corrected chi connectivity index (χ1v) is 6.00. The summed E-state index contributed by atoms with van der Waals surface area (Å²) in [6.07, 6.45) is -5.17. The third-order valence-electron chi connectivity index (χ3n) is 2.80. The van der Waals surface area contributed by atoms with Gasteiger partial charge in [0.05, 0.1) is 6.42 Å². The van der Waals surface area contributed by atoms with E-state index in [4.69, 9.17) is 0 Å². The minimum atomic E-state index is -5.03. The molecule has 0 fully saturated rings. The summed E-state index contributed by atoms with van der Waals surface area (Å²) in [4.78, 5) is 22.2. The molecule has 0 radical (unpaired) electrons. The van der Waals surface area contributed by atoms with Crippen LogP contribution in [0, 0.1) is 0 Å². The Kier molecular flexibility index (Phi) is 4.11. The van der Waals surface area contributed by atoms with Gasteiger partial charge in [0, 0.05) is 0 Å². The number of halogens is 3. The number of hydrazine groups is 1. The quantitative estimate of drug-likeness (QED) is 0.834. The van der Waals surface area contributed by atoms with E-state index in [1.54, 1.807) is 23.6 Å². The van der Waals surface area contributed by atoms with Crippen molar-refractivity contribution in [2.24, 2.45) is 0 Å². The summed E-state index contributed by atoms with van der Waals surface area (Å²) in [6.45, 7) is 0. The van der Waals surface area contributed by atoms with E-state index in [-0.39, 0.29) is 6.42 Å². The molecule has 0 saturated carbocycles. The minimum Gasteiger partial charge on any atom is -0.273 e. The first-order chi connectivity index (χ1) is 9.88. The molecule has 0 heterocycles. The lowest BCUT2D eigenvalue weighted by Crippen LogP contribution is -2.48. The molecule has 0 aliphatic carbocycles. The predicted octanol–water partition coefficient (Wildman–Crippen LogP) is 2.09. The van der Waals surface area contributed by atoms with Crippen LogP contribution < -0.4 is 10.9 Å². The number of hydrogen-bond donors (Lipinski definition) is 2. The van der Waals surface area contributed by atoms with Gasteiger partial charge in [-0.05, 0) is 16.3 Å². The second kappa shape index (κ2) is 5.82. The van der Waals surface area contributed by atoms with Gasteiger partial charge in [-0.3, -0.25) is 20.4 Å². The molecule has 0 unspecified atom stereocenters. The lowest BCUT2D eigenvalue weighted by molar-refractivity contribution is -0.175. The molecule has 2 rings (SSSR count). The van der Waals surface area contributed by atoms with Crippen molar-refractivity contribution in [3.63, 3.8) is 0 Å². The molecule has 7 heteroatoms. The molecule has 110 valence electrons. The Bertz CT molecular complexity index is 678. The highest BCUT2D eigenvalue weighted by Crippen LogP contribution is 2.18. The van der Waals surface area contributed by atoms with Gasteiger partial charge in [-0.15, -0.1) is 0 Å². The van der Waals surface area contributed by atoms with E-state index >= 15 is 0 Å². The summed E-state index contributed by atoms with van der Waals surface area (Å²) < 4.78 is 35.9. The summed E-state index contributed by atoms with van der Waals surface area (Å²) in [6, 6.07) is 12.6. The molecule has 0 aliphatic heterocycles. The molecular formula is C14H11F3N2O2. The van der Waals surface area contributed by atoms with Gasteiger partial charge in [-0.2, -0.15) is 13.2 Å². The maximum absolute atomic E-state index is 12.0. The van der Waals surface area contributed by atoms with Crippen molar-refractivity contribution in [1.29, 1.82) is 0 Å². The Hall–Kier alpha value is -2.57. The number of nitrogens with one attached hydrogen (secondary N) is 2. The van der Waals surface area contributed by atoms with Crippen LogP contribution >= 0.6 is 0 Å². The highest BCUT2D eigenvalue weighted by Gasteiger charge is 2.38. The SMILES string of the molecule is O=C(Cc1cccc2ccccc12)NNC(=O)C(F)(F)F. The van der Waals surface area contributed by atoms with Crippen LogP contribution in [0.2, 0.25) is 0 Å². The van der Waals surface area contributed by atoms with Gasteiger partial charge in [-0.1, -0.05) is 42.5 Å².